The third-order valence-electron chi connectivity index (χ3n) is 2.19. The summed E-state index contributed by atoms with van der Waals surface area (Å²) in [5.41, 5.74) is 8.10. The zero-order valence-electron chi connectivity index (χ0n) is 7.00. The molecule has 0 atom stereocenters. The van der Waals surface area contributed by atoms with E-state index in [1.165, 1.54) is 6.07 Å². The summed E-state index contributed by atoms with van der Waals surface area (Å²) in [6.07, 6.45) is 0.761. The molecule has 1 aromatic carbocycles. The minimum atomic E-state index is -0.910. The van der Waals surface area contributed by atoms with Gasteiger partial charge in [-0.3, -0.25) is 0 Å². The van der Waals surface area contributed by atoms with Crippen molar-refractivity contribution in [1.29, 1.82) is 0 Å². The number of hydrogen-bond acceptors (Lipinski definition) is 3. The SMILES string of the molecule is Nc1cc2c(c(C(=O)O)c1)CCN2. The monoisotopic (exact) mass is 178 g/mol. The predicted molar refractivity (Wildman–Crippen MR) is 50.0 cm³/mol. The highest BCUT2D eigenvalue weighted by molar-refractivity contribution is 5.93. The maximum atomic E-state index is 10.8. The van der Waals surface area contributed by atoms with Crippen LogP contribution in [0.1, 0.15) is 15.9 Å². The number of anilines is 2. The van der Waals surface area contributed by atoms with Gasteiger partial charge in [-0.05, 0) is 24.1 Å². The van der Waals surface area contributed by atoms with Crippen molar-refractivity contribution in [2.75, 3.05) is 17.6 Å². The standard InChI is InChI=1S/C9H10N2O2/c10-5-3-7(9(12)13)6-1-2-11-8(6)4-5/h3-4,11H,1-2,10H2,(H,12,13). The summed E-state index contributed by atoms with van der Waals surface area (Å²) in [6.45, 7) is 0.791. The molecule has 0 unspecified atom stereocenters. The third-order valence-corrected chi connectivity index (χ3v) is 2.19. The zero-order chi connectivity index (χ0) is 9.42. The van der Waals surface area contributed by atoms with Gasteiger partial charge in [-0.2, -0.15) is 0 Å². The molecule has 13 heavy (non-hydrogen) atoms. The fraction of sp³-hybridized carbons (Fsp3) is 0.222. The molecular formula is C9H10N2O2. The lowest BCUT2D eigenvalue weighted by molar-refractivity contribution is 0.0696. The average Bonchev–Trinajstić information content (AvgIpc) is 2.49. The first-order valence-electron chi connectivity index (χ1n) is 4.08. The number of hydrogen-bond donors (Lipinski definition) is 3. The molecule has 2 rings (SSSR count). The normalized spacial score (nSPS) is 13.5. The Balaban J connectivity index is 2.62. The topological polar surface area (TPSA) is 75.4 Å². The quantitative estimate of drug-likeness (QED) is 0.559. The number of nitrogens with two attached hydrogens (primary N) is 1. The van der Waals surface area contributed by atoms with Crippen molar-refractivity contribution in [3.8, 4) is 0 Å². The molecule has 0 fully saturated rings. The number of carboxylic acid groups (broad SMARTS) is 1. The highest BCUT2D eigenvalue weighted by Gasteiger charge is 2.18. The number of carboxylic acids is 1. The molecule has 0 amide bonds. The van der Waals surface area contributed by atoms with Gasteiger partial charge in [0.1, 0.15) is 0 Å². The van der Waals surface area contributed by atoms with E-state index in [4.69, 9.17) is 10.8 Å². The van der Waals surface area contributed by atoms with Gasteiger partial charge >= 0.3 is 5.97 Å². The van der Waals surface area contributed by atoms with Crippen LogP contribution < -0.4 is 11.1 Å². The average molecular weight is 178 g/mol. The van der Waals surface area contributed by atoms with Gasteiger partial charge in [0.25, 0.3) is 0 Å². The third kappa shape index (κ3) is 1.20. The molecule has 0 bridgehead atoms. The Hall–Kier alpha value is -1.71. The Kier molecular flexibility index (Phi) is 1.62. The van der Waals surface area contributed by atoms with Gasteiger partial charge < -0.3 is 16.2 Å². The number of nitrogen functional groups attached to an aromatic ring is 1. The molecule has 4 heteroatoms. The van der Waals surface area contributed by atoms with Crippen LogP contribution in [0.4, 0.5) is 11.4 Å². The van der Waals surface area contributed by atoms with Gasteiger partial charge in [-0.25, -0.2) is 4.79 Å². The molecule has 1 aliphatic rings. The van der Waals surface area contributed by atoms with Crippen LogP contribution in [0.25, 0.3) is 0 Å². The number of benzene rings is 1. The van der Waals surface area contributed by atoms with E-state index >= 15 is 0 Å². The van der Waals surface area contributed by atoms with Crippen molar-refractivity contribution < 1.29 is 9.90 Å². The summed E-state index contributed by atoms with van der Waals surface area (Å²) in [7, 11) is 0. The second kappa shape index (κ2) is 2.65. The highest BCUT2D eigenvalue weighted by Crippen LogP contribution is 2.28. The lowest BCUT2D eigenvalue weighted by atomic mass is 10.0. The number of nitrogens with one attached hydrogen (secondary N) is 1. The molecule has 1 aliphatic heterocycles. The summed E-state index contributed by atoms with van der Waals surface area (Å²) in [5, 5.41) is 12.0. The number of aromatic carboxylic acids is 1. The molecule has 68 valence electrons. The fourth-order valence-corrected chi connectivity index (χ4v) is 1.63. The van der Waals surface area contributed by atoms with E-state index in [9.17, 15) is 4.79 Å². The number of rotatable bonds is 1. The molecule has 0 spiro atoms. The maximum absolute atomic E-state index is 10.8. The van der Waals surface area contributed by atoms with Crippen LogP contribution in [0.15, 0.2) is 12.1 Å². The van der Waals surface area contributed by atoms with Gasteiger partial charge in [0.2, 0.25) is 0 Å². The van der Waals surface area contributed by atoms with E-state index in [-0.39, 0.29) is 0 Å². The van der Waals surface area contributed by atoms with Crippen molar-refractivity contribution in [3.05, 3.63) is 23.3 Å². The number of carbonyl (C=O) groups is 1. The molecule has 4 nitrogen and oxygen atoms in total. The summed E-state index contributed by atoms with van der Waals surface area (Å²) in [6, 6.07) is 3.28. The first-order chi connectivity index (χ1) is 6.18. The van der Waals surface area contributed by atoms with Crippen molar-refractivity contribution in [1.82, 2.24) is 0 Å². The van der Waals surface area contributed by atoms with Gasteiger partial charge in [0, 0.05) is 17.9 Å². The van der Waals surface area contributed by atoms with Crippen molar-refractivity contribution in [2.45, 2.75) is 6.42 Å². The van der Waals surface area contributed by atoms with E-state index in [1.54, 1.807) is 6.07 Å². The lowest BCUT2D eigenvalue weighted by Gasteiger charge is -2.05. The van der Waals surface area contributed by atoms with Crippen molar-refractivity contribution in [3.63, 3.8) is 0 Å². The lowest BCUT2D eigenvalue weighted by Crippen LogP contribution is -2.02. The Morgan fingerprint density at radius 3 is 3.00 bits per heavy atom. The second-order valence-electron chi connectivity index (χ2n) is 3.08. The minimum absolute atomic E-state index is 0.319. The van der Waals surface area contributed by atoms with E-state index in [0.29, 0.717) is 11.3 Å². The van der Waals surface area contributed by atoms with E-state index in [0.717, 1.165) is 24.2 Å². The second-order valence-corrected chi connectivity index (χ2v) is 3.08. The molecule has 1 heterocycles. The molecule has 0 radical (unpaired) electrons. The number of fused-ring (bicyclic) bond motifs is 1. The smallest absolute Gasteiger partial charge is 0.336 e. The van der Waals surface area contributed by atoms with E-state index in [2.05, 4.69) is 5.32 Å². The molecule has 1 aromatic rings. The fourth-order valence-electron chi connectivity index (χ4n) is 1.63. The highest BCUT2D eigenvalue weighted by atomic mass is 16.4. The van der Waals surface area contributed by atoms with Crippen molar-refractivity contribution in [2.24, 2.45) is 0 Å². The van der Waals surface area contributed by atoms with Crippen LogP contribution >= 0.6 is 0 Å². The van der Waals surface area contributed by atoms with Crippen LogP contribution in [0.5, 0.6) is 0 Å². The van der Waals surface area contributed by atoms with Crippen LogP contribution in [-0.4, -0.2) is 17.6 Å². The van der Waals surface area contributed by atoms with E-state index in [1.807, 2.05) is 0 Å². The molecule has 0 saturated carbocycles. The Morgan fingerprint density at radius 1 is 1.54 bits per heavy atom. The van der Waals surface area contributed by atoms with Crippen LogP contribution in [0.3, 0.4) is 0 Å². The van der Waals surface area contributed by atoms with Gasteiger partial charge in [0.05, 0.1) is 5.56 Å². The van der Waals surface area contributed by atoms with Crippen molar-refractivity contribution >= 4 is 17.3 Å². The Labute approximate surface area is 75.4 Å². The summed E-state index contributed by atoms with van der Waals surface area (Å²) in [5.74, 6) is -0.910. The minimum Gasteiger partial charge on any atom is -0.478 e. The first kappa shape index (κ1) is 7.91. The van der Waals surface area contributed by atoms with E-state index < -0.39 is 5.97 Å². The molecule has 0 saturated heterocycles. The summed E-state index contributed by atoms with van der Waals surface area (Å²) >= 11 is 0. The first-order valence-corrected chi connectivity index (χ1v) is 4.08. The van der Waals surface area contributed by atoms with Gasteiger partial charge in [0.15, 0.2) is 0 Å². The van der Waals surface area contributed by atoms with Gasteiger partial charge in [-0.1, -0.05) is 0 Å². The van der Waals surface area contributed by atoms with Crippen LogP contribution in [0.2, 0.25) is 0 Å². The van der Waals surface area contributed by atoms with Crippen LogP contribution in [-0.2, 0) is 6.42 Å². The summed E-state index contributed by atoms with van der Waals surface area (Å²) < 4.78 is 0. The van der Waals surface area contributed by atoms with Gasteiger partial charge in [-0.15, -0.1) is 0 Å². The Bertz CT molecular complexity index is 374. The molecule has 4 N–H and O–H groups in total. The molecular weight excluding hydrogens is 168 g/mol. The molecule has 0 aliphatic carbocycles. The maximum Gasteiger partial charge on any atom is 0.336 e. The predicted octanol–water partition coefficient (Wildman–Crippen LogP) is 0.935. The van der Waals surface area contributed by atoms with Crippen LogP contribution in [0, 0.1) is 0 Å². The molecule has 0 aromatic heterocycles. The largest absolute Gasteiger partial charge is 0.478 e. The Morgan fingerprint density at radius 2 is 2.31 bits per heavy atom. The zero-order valence-corrected chi connectivity index (χ0v) is 7.00. The summed E-state index contributed by atoms with van der Waals surface area (Å²) in [4.78, 5) is 10.8.